The highest BCUT2D eigenvalue weighted by Gasteiger charge is 2.06. The fourth-order valence-corrected chi connectivity index (χ4v) is 3.13. The fourth-order valence-electron chi connectivity index (χ4n) is 2.16. The van der Waals surface area contributed by atoms with E-state index < -0.39 is 0 Å². The van der Waals surface area contributed by atoms with Crippen molar-refractivity contribution in [3.8, 4) is 11.5 Å². The molecule has 2 N–H and O–H groups in total. The molecule has 0 saturated heterocycles. The molecule has 5 nitrogen and oxygen atoms in total. The van der Waals surface area contributed by atoms with Gasteiger partial charge < -0.3 is 14.8 Å². The van der Waals surface area contributed by atoms with Crippen LogP contribution in [0.2, 0.25) is 0 Å². The zero-order valence-electron chi connectivity index (χ0n) is 12.2. The van der Waals surface area contributed by atoms with Crippen molar-refractivity contribution in [2.24, 2.45) is 17.3 Å². The minimum absolute atomic E-state index is 0.0648. The average Bonchev–Trinajstić information content (AvgIpc) is 2.84. The minimum atomic E-state index is 0.0648. The van der Waals surface area contributed by atoms with Crippen molar-refractivity contribution in [1.82, 2.24) is 4.57 Å². The molecule has 0 spiro atoms. The second kappa shape index (κ2) is 5.65. The third kappa shape index (κ3) is 2.60. The molecule has 2 aromatic carbocycles. The number of thiazole rings is 1. The molecule has 0 radical (unpaired) electrons. The number of rotatable bonds is 2. The Morgan fingerprint density at radius 1 is 1.14 bits per heavy atom. The molecule has 1 aromatic heterocycles. The molecule has 0 bridgehead atoms. The zero-order valence-corrected chi connectivity index (χ0v) is 13.0. The van der Waals surface area contributed by atoms with Crippen LogP contribution in [0.25, 0.3) is 10.2 Å². The third-order valence-corrected chi connectivity index (χ3v) is 4.47. The van der Waals surface area contributed by atoms with Gasteiger partial charge in [-0.05, 0) is 37.3 Å². The Bertz CT molecular complexity index is 938. The van der Waals surface area contributed by atoms with Gasteiger partial charge in [0.2, 0.25) is 4.80 Å². The summed E-state index contributed by atoms with van der Waals surface area (Å²) < 4.78 is 3.11. The van der Waals surface area contributed by atoms with Gasteiger partial charge in [0.25, 0.3) is 0 Å². The maximum atomic E-state index is 9.84. The van der Waals surface area contributed by atoms with Crippen molar-refractivity contribution in [1.29, 1.82) is 0 Å². The van der Waals surface area contributed by atoms with Crippen molar-refractivity contribution in [3.05, 3.63) is 52.8 Å². The molecule has 0 aliphatic carbocycles. The molecule has 0 unspecified atom stereocenters. The summed E-state index contributed by atoms with van der Waals surface area (Å²) in [6.07, 6.45) is 0. The fraction of sp³-hybridized carbons (Fsp3) is 0.125. The number of aromatic hydroxyl groups is 2. The maximum Gasteiger partial charge on any atom is 0.211 e. The predicted molar refractivity (Wildman–Crippen MR) is 88.3 cm³/mol. The highest BCUT2D eigenvalue weighted by Crippen LogP contribution is 2.22. The lowest BCUT2D eigenvalue weighted by atomic mass is 10.1. The quantitative estimate of drug-likeness (QED) is 0.434. The summed E-state index contributed by atoms with van der Waals surface area (Å²) in [5.74, 6) is 0.143. The van der Waals surface area contributed by atoms with Crippen LogP contribution in [0.4, 0.5) is 0 Å². The monoisotopic (exact) mass is 313 g/mol. The van der Waals surface area contributed by atoms with Crippen LogP contribution in [0.5, 0.6) is 11.5 Å². The molecular weight excluding hydrogens is 298 g/mol. The van der Waals surface area contributed by atoms with Crippen LogP contribution in [-0.4, -0.2) is 20.5 Å². The number of hydrogen-bond donors (Lipinski definition) is 2. The maximum absolute atomic E-state index is 9.84. The van der Waals surface area contributed by atoms with Crippen LogP contribution < -0.4 is 4.80 Å². The van der Waals surface area contributed by atoms with Crippen LogP contribution in [-0.2, 0) is 7.05 Å². The molecule has 0 atom stereocenters. The Labute approximate surface area is 131 Å². The smallest absolute Gasteiger partial charge is 0.211 e. The highest BCUT2D eigenvalue weighted by molar-refractivity contribution is 7.16. The van der Waals surface area contributed by atoms with Crippen molar-refractivity contribution < 1.29 is 10.2 Å². The highest BCUT2D eigenvalue weighted by atomic mass is 32.1. The normalized spacial score (nSPS) is 13.0. The largest absolute Gasteiger partial charge is 0.508 e. The van der Waals surface area contributed by atoms with Crippen molar-refractivity contribution in [3.63, 3.8) is 0 Å². The van der Waals surface area contributed by atoms with Gasteiger partial charge in [0, 0.05) is 12.6 Å². The lowest BCUT2D eigenvalue weighted by Gasteiger charge is -2.02. The molecule has 0 fully saturated rings. The van der Waals surface area contributed by atoms with E-state index in [4.69, 9.17) is 0 Å². The molecule has 112 valence electrons. The summed E-state index contributed by atoms with van der Waals surface area (Å²) in [7, 11) is 1.94. The van der Waals surface area contributed by atoms with E-state index in [0.717, 1.165) is 15.0 Å². The molecule has 0 aliphatic rings. The Morgan fingerprint density at radius 3 is 2.68 bits per heavy atom. The Hall–Kier alpha value is -2.60. The van der Waals surface area contributed by atoms with Crippen LogP contribution >= 0.6 is 11.3 Å². The van der Waals surface area contributed by atoms with Gasteiger partial charge in [-0.2, -0.15) is 5.10 Å². The molecule has 0 saturated carbocycles. The molecule has 3 aromatic rings. The van der Waals surface area contributed by atoms with Crippen molar-refractivity contribution >= 4 is 27.3 Å². The van der Waals surface area contributed by atoms with E-state index in [0.29, 0.717) is 11.3 Å². The number of aromatic nitrogens is 1. The lowest BCUT2D eigenvalue weighted by molar-refractivity contribution is 0.459. The van der Waals surface area contributed by atoms with E-state index in [-0.39, 0.29) is 11.5 Å². The minimum Gasteiger partial charge on any atom is -0.508 e. The van der Waals surface area contributed by atoms with Crippen LogP contribution in [0.3, 0.4) is 0 Å². The number of benzene rings is 2. The second-order valence-electron chi connectivity index (χ2n) is 4.90. The van der Waals surface area contributed by atoms with Crippen LogP contribution in [0.15, 0.2) is 52.7 Å². The lowest BCUT2D eigenvalue weighted by Crippen LogP contribution is -2.09. The SMILES string of the molecule is CC(=NN=c1sc2ccccc2n1C)c1cc(O)ccc1O. The van der Waals surface area contributed by atoms with Gasteiger partial charge in [-0.1, -0.05) is 23.5 Å². The standard InChI is InChI=1S/C16H15N3O2S/c1-10(12-9-11(20)7-8-14(12)21)17-18-16-19(2)13-5-3-4-6-15(13)22-16/h3-9,20-21H,1-2H3. The second-order valence-corrected chi connectivity index (χ2v) is 5.91. The number of fused-ring (bicyclic) bond motifs is 1. The summed E-state index contributed by atoms with van der Waals surface area (Å²) in [6.45, 7) is 1.74. The van der Waals surface area contributed by atoms with E-state index in [1.165, 1.54) is 18.2 Å². The van der Waals surface area contributed by atoms with E-state index >= 15 is 0 Å². The number of aryl methyl sites for hydroxylation is 1. The Balaban J connectivity index is 2.07. The number of phenols is 2. The van der Waals surface area contributed by atoms with E-state index in [1.54, 1.807) is 18.3 Å². The molecule has 6 heteroatoms. The first-order valence-corrected chi connectivity index (χ1v) is 7.53. The van der Waals surface area contributed by atoms with Gasteiger partial charge in [0.05, 0.1) is 15.9 Å². The summed E-state index contributed by atoms with van der Waals surface area (Å²) in [6, 6.07) is 12.4. The first kappa shape index (κ1) is 14.3. The molecule has 0 aliphatic heterocycles. The number of para-hydroxylation sites is 1. The molecule has 1 heterocycles. The van der Waals surface area contributed by atoms with Crippen molar-refractivity contribution in [2.45, 2.75) is 6.92 Å². The van der Waals surface area contributed by atoms with E-state index in [9.17, 15) is 10.2 Å². The summed E-state index contributed by atoms with van der Waals surface area (Å²) in [5, 5.41) is 27.8. The van der Waals surface area contributed by atoms with Gasteiger partial charge in [-0.3, -0.25) is 0 Å². The number of phenolic OH excluding ortho intramolecular Hbond substituents is 2. The predicted octanol–water partition coefficient (Wildman–Crippen LogP) is 2.98. The first-order valence-electron chi connectivity index (χ1n) is 6.71. The third-order valence-electron chi connectivity index (χ3n) is 3.37. The summed E-state index contributed by atoms with van der Waals surface area (Å²) in [5.41, 5.74) is 2.10. The summed E-state index contributed by atoms with van der Waals surface area (Å²) >= 11 is 1.55. The van der Waals surface area contributed by atoms with E-state index in [1.807, 2.05) is 35.9 Å². The number of hydrogen-bond acceptors (Lipinski definition) is 5. The summed E-state index contributed by atoms with van der Waals surface area (Å²) in [4.78, 5) is 0.764. The van der Waals surface area contributed by atoms with Crippen molar-refractivity contribution in [2.75, 3.05) is 0 Å². The topological polar surface area (TPSA) is 70.1 Å². The number of nitrogens with zero attached hydrogens (tertiary/aromatic N) is 3. The molecule has 22 heavy (non-hydrogen) atoms. The van der Waals surface area contributed by atoms with Gasteiger partial charge in [-0.15, -0.1) is 5.10 Å². The molecule has 0 amide bonds. The van der Waals surface area contributed by atoms with E-state index in [2.05, 4.69) is 10.2 Å². The van der Waals surface area contributed by atoms with Gasteiger partial charge in [0.15, 0.2) is 0 Å². The van der Waals surface area contributed by atoms with Crippen LogP contribution in [0.1, 0.15) is 12.5 Å². The molecule has 3 rings (SSSR count). The Morgan fingerprint density at radius 2 is 1.91 bits per heavy atom. The van der Waals surface area contributed by atoms with Gasteiger partial charge in [-0.25, -0.2) is 0 Å². The first-order chi connectivity index (χ1) is 10.6. The Kier molecular flexibility index (Phi) is 3.68. The van der Waals surface area contributed by atoms with Gasteiger partial charge >= 0.3 is 0 Å². The molecular formula is C16H15N3O2S. The van der Waals surface area contributed by atoms with Crippen LogP contribution in [0, 0.1) is 0 Å². The van der Waals surface area contributed by atoms with Gasteiger partial charge in [0.1, 0.15) is 11.5 Å². The average molecular weight is 313 g/mol. The zero-order chi connectivity index (χ0) is 15.7.